The number of carboxylic acid groups (broad SMARTS) is 1. The number of rotatable bonds is 3. The van der Waals surface area contributed by atoms with Gasteiger partial charge in [-0.3, -0.25) is 4.79 Å². The van der Waals surface area contributed by atoms with E-state index in [9.17, 15) is 14.7 Å². The fourth-order valence-electron chi connectivity index (χ4n) is 5.26. The Morgan fingerprint density at radius 2 is 2.00 bits per heavy atom. The first-order chi connectivity index (χ1) is 13.6. The van der Waals surface area contributed by atoms with Crippen LogP contribution in [-0.4, -0.2) is 34.8 Å². The van der Waals surface area contributed by atoms with Crippen molar-refractivity contribution >= 4 is 28.2 Å². The minimum absolute atomic E-state index is 0.00306. The zero-order valence-electron chi connectivity index (χ0n) is 15.9. The summed E-state index contributed by atoms with van der Waals surface area (Å²) in [6.45, 7) is 2.92. The fraction of sp³-hybridized carbons (Fsp3) is 0.500. The molecule has 2 aliphatic carbocycles. The van der Waals surface area contributed by atoms with E-state index < -0.39 is 39.7 Å². The van der Waals surface area contributed by atoms with Crippen molar-refractivity contribution < 1.29 is 18.7 Å². The minimum Gasteiger partial charge on any atom is -0.477 e. The number of benzene rings is 1. The third-order valence-electron chi connectivity index (χ3n) is 6.93. The molecule has 1 saturated heterocycles. The first-order valence-electron chi connectivity index (χ1n) is 9.73. The monoisotopic (exact) mass is 404 g/mol. The van der Waals surface area contributed by atoms with E-state index in [2.05, 4.69) is 6.92 Å². The van der Waals surface area contributed by atoms with Gasteiger partial charge >= 0.3 is 5.97 Å². The van der Waals surface area contributed by atoms with Gasteiger partial charge in [0.1, 0.15) is 11.3 Å². The van der Waals surface area contributed by atoms with Gasteiger partial charge in [0.05, 0.1) is 16.6 Å². The number of nitrogens with zero attached hydrogens (tertiary/aromatic N) is 2. The van der Waals surface area contributed by atoms with Crippen molar-refractivity contribution in [2.45, 2.75) is 38.3 Å². The van der Waals surface area contributed by atoms with Crippen molar-refractivity contribution in [1.82, 2.24) is 4.57 Å². The molecule has 0 unspecified atom stereocenters. The summed E-state index contributed by atoms with van der Waals surface area (Å²) in [6.07, 6.45) is 3.39. The highest BCUT2D eigenvalue weighted by molar-refractivity contribution is 5.99. The molecule has 0 amide bonds. The molecule has 2 aromatic rings. The van der Waals surface area contributed by atoms with Gasteiger partial charge in [0.2, 0.25) is 5.43 Å². The Morgan fingerprint density at radius 1 is 1.31 bits per heavy atom. The highest BCUT2D eigenvalue weighted by Gasteiger charge is 2.55. The second-order valence-corrected chi connectivity index (χ2v) is 8.94. The molecule has 1 aliphatic heterocycles. The molecular formula is C20H22F2N4O3. The van der Waals surface area contributed by atoms with Gasteiger partial charge in [0.15, 0.2) is 11.6 Å². The molecule has 2 heterocycles. The summed E-state index contributed by atoms with van der Waals surface area (Å²) >= 11 is 0. The van der Waals surface area contributed by atoms with Crippen molar-refractivity contribution in [2.24, 2.45) is 17.1 Å². The van der Waals surface area contributed by atoms with E-state index in [0.29, 0.717) is 13.1 Å². The number of aromatic nitrogens is 1. The summed E-state index contributed by atoms with van der Waals surface area (Å²) in [7, 11) is 0. The maximum Gasteiger partial charge on any atom is 0.341 e. The van der Waals surface area contributed by atoms with Gasteiger partial charge in [0, 0.05) is 31.4 Å². The topological polar surface area (TPSA) is 115 Å². The normalized spacial score (nSPS) is 28.5. The quantitative estimate of drug-likeness (QED) is 0.675. The number of nitrogens with two attached hydrogens (primary N) is 2. The number of hydrogen-bond acceptors (Lipinski definition) is 5. The Morgan fingerprint density at radius 3 is 2.55 bits per heavy atom. The van der Waals surface area contributed by atoms with Gasteiger partial charge in [-0.15, -0.1) is 0 Å². The van der Waals surface area contributed by atoms with Crippen LogP contribution in [0.3, 0.4) is 0 Å². The molecule has 0 bridgehead atoms. The van der Waals surface area contributed by atoms with E-state index in [1.807, 2.05) is 0 Å². The summed E-state index contributed by atoms with van der Waals surface area (Å²) in [4.78, 5) is 25.8. The van der Waals surface area contributed by atoms with Crippen LogP contribution in [0.4, 0.5) is 20.2 Å². The summed E-state index contributed by atoms with van der Waals surface area (Å²) in [5.74, 6) is -3.20. The Labute approximate surface area is 164 Å². The molecule has 1 aromatic carbocycles. The maximum absolute atomic E-state index is 15.7. The summed E-state index contributed by atoms with van der Waals surface area (Å²) < 4.78 is 32.5. The SMILES string of the molecule is C[C@@]12C[C@H](N)[C@@H]1CN(c1c(F)c(N)c3c(=O)c(C(=O)O)cn(C4CC4)c3c1F)C2. The lowest BCUT2D eigenvalue weighted by molar-refractivity contribution is 0.0694. The summed E-state index contributed by atoms with van der Waals surface area (Å²) in [5.41, 5.74) is 9.54. The van der Waals surface area contributed by atoms with Crippen LogP contribution in [0, 0.1) is 23.0 Å². The predicted octanol–water partition coefficient (Wildman–Crippen LogP) is 2.07. The molecule has 3 aliphatic rings. The molecule has 5 N–H and O–H groups in total. The average Bonchev–Trinajstić information content (AvgIpc) is 3.44. The molecular weight excluding hydrogens is 382 g/mol. The van der Waals surface area contributed by atoms with Crippen LogP contribution in [0.5, 0.6) is 0 Å². The van der Waals surface area contributed by atoms with Crippen molar-refractivity contribution in [3.8, 4) is 0 Å². The highest BCUT2D eigenvalue weighted by atomic mass is 19.1. The number of pyridine rings is 1. The standard InChI is InChI=1S/C20H22F2N4O3/c1-20-4-11(23)10(20)6-25(7-20)17-13(21)15(24)12-16(14(17)22)26(8-2-3-8)5-9(18(12)27)19(28)29/h5,8,10-11H,2-4,6-7,23-24H2,1H3,(H,28,29)/t10-,11-,20-/m0/s1. The zero-order chi connectivity index (χ0) is 20.8. The van der Waals surface area contributed by atoms with Gasteiger partial charge < -0.3 is 26.0 Å². The van der Waals surface area contributed by atoms with Crippen LogP contribution < -0.4 is 21.8 Å². The van der Waals surface area contributed by atoms with E-state index >= 15 is 8.78 Å². The average molecular weight is 404 g/mol. The van der Waals surface area contributed by atoms with Crippen molar-refractivity contribution in [3.05, 3.63) is 33.6 Å². The molecule has 9 heteroatoms. The van der Waals surface area contributed by atoms with Crippen LogP contribution in [0.15, 0.2) is 11.0 Å². The van der Waals surface area contributed by atoms with Crippen molar-refractivity contribution in [2.75, 3.05) is 23.7 Å². The number of aromatic carboxylic acids is 1. The second-order valence-electron chi connectivity index (χ2n) is 8.94. The van der Waals surface area contributed by atoms with Crippen LogP contribution in [0.1, 0.15) is 42.6 Å². The minimum atomic E-state index is -1.45. The molecule has 0 radical (unpaired) electrons. The van der Waals surface area contributed by atoms with Crippen LogP contribution >= 0.6 is 0 Å². The van der Waals surface area contributed by atoms with E-state index in [1.165, 1.54) is 4.57 Å². The zero-order valence-corrected chi connectivity index (χ0v) is 15.9. The van der Waals surface area contributed by atoms with Crippen LogP contribution in [0.2, 0.25) is 0 Å². The van der Waals surface area contributed by atoms with Gasteiger partial charge in [-0.2, -0.15) is 0 Å². The molecule has 3 atom stereocenters. The van der Waals surface area contributed by atoms with Gasteiger partial charge in [-0.05, 0) is 30.6 Å². The lowest BCUT2D eigenvalue weighted by atomic mass is 9.60. The smallest absolute Gasteiger partial charge is 0.341 e. The second kappa shape index (κ2) is 5.69. The third-order valence-corrected chi connectivity index (χ3v) is 6.93. The summed E-state index contributed by atoms with van der Waals surface area (Å²) in [6, 6.07) is -0.138. The van der Waals surface area contributed by atoms with Gasteiger partial charge in [-0.25, -0.2) is 13.6 Å². The molecule has 0 spiro atoms. The van der Waals surface area contributed by atoms with E-state index in [4.69, 9.17) is 11.5 Å². The van der Waals surface area contributed by atoms with E-state index in [-0.39, 0.29) is 34.6 Å². The van der Waals surface area contributed by atoms with Crippen LogP contribution in [0.25, 0.3) is 10.9 Å². The largest absolute Gasteiger partial charge is 0.477 e. The molecule has 7 nitrogen and oxygen atoms in total. The molecule has 29 heavy (non-hydrogen) atoms. The van der Waals surface area contributed by atoms with Crippen molar-refractivity contribution in [1.29, 1.82) is 0 Å². The number of fused-ring (bicyclic) bond motifs is 2. The first-order valence-corrected chi connectivity index (χ1v) is 9.73. The Hall–Kier alpha value is -2.68. The lowest BCUT2D eigenvalue weighted by Gasteiger charge is -2.46. The number of anilines is 2. The molecule has 3 fully saturated rings. The number of carboxylic acids is 1. The highest BCUT2D eigenvalue weighted by Crippen LogP contribution is 2.53. The van der Waals surface area contributed by atoms with E-state index in [1.54, 1.807) is 4.90 Å². The number of nitrogen functional groups attached to an aromatic ring is 1. The number of carbonyl (C=O) groups is 1. The summed E-state index contributed by atoms with van der Waals surface area (Å²) in [5, 5.41) is 8.96. The Balaban J connectivity index is 1.78. The number of halogens is 2. The molecule has 5 rings (SSSR count). The Kier molecular flexibility index (Phi) is 3.60. The predicted molar refractivity (Wildman–Crippen MR) is 104 cm³/mol. The maximum atomic E-state index is 15.7. The van der Waals surface area contributed by atoms with Gasteiger partial charge in [0.25, 0.3) is 0 Å². The van der Waals surface area contributed by atoms with Gasteiger partial charge in [-0.1, -0.05) is 6.92 Å². The molecule has 154 valence electrons. The first kappa shape index (κ1) is 18.4. The molecule has 2 saturated carbocycles. The Bertz CT molecular complexity index is 1140. The number of hydrogen-bond donors (Lipinski definition) is 3. The lowest BCUT2D eigenvalue weighted by Crippen LogP contribution is -2.53. The third kappa shape index (κ3) is 2.36. The van der Waals surface area contributed by atoms with Crippen molar-refractivity contribution in [3.63, 3.8) is 0 Å². The fourth-order valence-corrected chi connectivity index (χ4v) is 5.26. The van der Waals surface area contributed by atoms with E-state index in [0.717, 1.165) is 25.5 Å². The molecule has 1 aromatic heterocycles. The van der Waals surface area contributed by atoms with Crippen LogP contribution in [-0.2, 0) is 0 Å².